The van der Waals surface area contributed by atoms with E-state index in [2.05, 4.69) is 127 Å². The van der Waals surface area contributed by atoms with Crippen molar-refractivity contribution in [2.75, 3.05) is 0 Å². The number of rotatable bonds is 3. The summed E-state index contributed by atoms with van der Waals surface area (Å²) < 4.78 is 2.32. The van der Waals surface area contributed by atoms with Gasteiger partial charge in [0, 0.05) is 32.8 Å². The molecule has 0 saturated heterocycles. The number of fused-ring (bicyclic) bond motifs is 7. The third kappa shape index (κ3) is 3.79. The van der Waals surface area contributed by atoms with E-state index >= 15 is 0 Å². The SMILES string of the molecule is CC1(C)c2ccccc2-c2ccc(-c3ccc4c(c3)c3ccccc3n4-c3ccc(-c4nc(C#N)c5ccccc5n4)cc3)cc21. The molecule has 0 saturated carbocycles. The Balaban J connectivity index is 1.15. The summed E-state index contributed by atoms with van der Waals surface area (Å²) in [4.78, 5) is 9.34. The van der Waals surface area contributed by atoms with Gasteiger partial charge in [-0.3, -0.25) is 0 Å². The van der Waals surface area contributed by atoms with Crippen LogP contribution in [-0.4, -0.2) is 14.5 Å². The summed E-state index contributed by atoms with van der Waals surface area (Å²) in [5, 5.41) is 12.9. The molecular formula is C42H28N4. The van der Waals surface area contributed by atoms with Gasteiger partial charge in [0.15, 0.2) is 11.5 Å². The van der Waals surface area contributed by atoms with Crippen LogP contribution >= 0.6 is 0 Å². The van der Waals surface area contributed by atoms with Gasteiger partial charge in [-0.15, -0.1) is 0 Å². The quantitative estimate of drug-likeness (QED) is 0.206. The summed E-state index contributed by atoms with van der Waals surface area (Å²) in [6, 6.07) is 49.4. The molecule has 0 atom stereocenters. The van der Waals surface area contributed by atoms with Gasteiger partial charge in [-0.05, 0) is 94.0 Å². The molecule has 2 heterocycles. The first-order valence-corrected chi connectivity index (χ1v) is 15.6. The highest BCUT2D eigenvalue weighted by atomic mass is 15.0. The molecule has 1 aliphatic carbocycles. The molecule has 0 radical (unpaired) electrons. The summed E-state index contributed by atoms with van der Waals surface area (Å²) in [6.45, 7) is 4.66. The second kappa shape index (κ2) is 9.72. The molecule has 8 aromatic rings. The van der Waals surface area contributed by atoms with Crippen molar-refractivity contribution in [2.45, 2.75) is 19.3 Å². The summed E-state index contributed by atoms with van der Waals surface area (Å²) in [6.07, 6.45) is 0. The largest absolute Gasteiger partial charge is 0.309 e. The molecule has 0 amide bonds. The zero-order valence-electron chi connectivity index (χ0n) is 25.5. The predicted molar refractivity (Wildman–Crippen MR) is 187 cm³/mol. The molecule has 0 N–H and O–H groups in total. The lowest BCUT2D eigenvalue weighted by atomic mass is 9.81. The van der Waals surface area contributed by atoms with Crippen LogP contribution in [0.1, 0.15) is 30.7 Å². The third-order valence-electron chi connectivity index (χ3n) is 9.68. The molecule has 0 bridgehead atoms. The van der Waals surface area contributed by atoms with Crippen molar-refractivity contribution in [3.8, 4) is 45.4 Å². The maximum absolute atomic E-state index is 9.73. The number of nitrogens with zero attached hydrogens (tertiary/aromatic N) is 4. The Morgan fingerprint density at radius 3 is 2.07 bits per heavy atom. The molecule has 0 aliphatic heterocycles. The van der Waals surface area contributed by atoms with Crippen LogP contribution in [0.4, 0.5) is 0 Å². The first kappa shape index (κ1) is 26.4. The predicted octanol–water partition coefficient (Wildman–Crippen LogP) is 10.2. The van der Waals surface area contributed by atoms with Crippen LogP contribution < -0.4 is 0 Å². The molecule has 0 spiro atoms. The highest BCUT2D eigenvalue weighted by Gasteiger charge is 2.35. The number of aromatic nitrogens is 3. The molecule has 216 valence electrons. The van der Waals surface area contributed by atoms with E-state index in [1.807, 2.05) is 36.4 Å². The summed E-state index contributed by atoms with van der Waals surface area (Å²) in [7, 11) is 0. The van der Waals surface area contributed by atoms with Crippen LogP contribution in [0.2, 0.25) is 0 Å². The lowest BCUT2D eigenvalue weighted by Crippen LogP contribution is -2.14. The second-order valence-corrected chi connectivity index (χ2v) is 12.6. The van der Waals surface area contributed by atoms with Crippen LogP contribution in [0.3, 0.4) is 0 Å². The number of hydrogen-bond donors (Lipinski definition) is 0. The lowest BCUT2D eigenvalue weighted by Gasteiger charge is -2.22. The first-order chi connectivity index (χ1) is 22.5. The van der Waals surface area contributed by atoms with Crippen molar-refractivity contribution in [3.63, 3.8) is 0 Å². The van der Waals surface area contributed by atoms with E-state index in [4.69, 9.17) is 4.98 Å². The monoisotopic (exact) mass is 588 g/mol. The van der Waals surface area contributed by atoms with Gasteiger partial charge in [0.2, 0.25) is 0 Å². The zero-order chi connectivity index (χ0) is 31.0. The fraction of sp³-hybridized carbons (Fsp3) is 0.0714. The van der Waals surface area contributed by atoms with Crippen molar-refractivity contribution < 1.29 is 0 Å². The molecule has 4 nitrogen and oxygen atoms in total. The van der Waals surface area contributed by atoms with Crippen molar-refractivity contribution in [1.82, 2.24) is 14.5 Å². The maximum Gasteiger partial charge on any atom is 0.161 e. The molecule has 2 aromatic heterocycles. The Morgan fingerprint density at radius 1 is 0.565 bits per heavy atom. The minimum absolute atomic E-state index is 0.0394. The average molecular weight is 589 g/mol. The summed E-state index contributed by atoms with van der Waals surface area (Å²) >= 11 is 0. The van der Waals surface area contributed by atoms with E-state index in [1.54, 1.807) is 0 Å². The fourth-order valence-electron chi connectivity index (χ4n) is 7.36. The van der Waals surface area contributed by atoms with Gasteiger partial charge in [-0.1, -0.05) is 86.6 Å². The van der Waals surface area contributed by atoms with Crippen molar-refractivity contribution in [2.24, 2.45) is 0 Å². The second-order valence-electron chi connectivity index (χ2n) is 12.6. The van der Waals surface area contributed by atoms with Crippen LogP contribution in [0.25, 0.3) is 72.0 Å². The van der Waals surface area contributed by atoms with Gasteiger partial charge in [-0.2, -0.15) is 5.26 Å². The number of benzene rings is 6. The molecular weight excluding hydrogens is 560 g/mol. The van der Waals surface area contributed by atoms with Crippen LogP contribution in [0.15, 0.2) is 133 Å². The van der Waals surface area contributed by atoms with E-state index in [0.717, 1.165) is 33.2 Å². The Kier molecular flexibility index (Phi) is 5.57. The standard InChI is InChI=1S/C42H28N4/c1-42(2)35-12-6-3-9-30(35)31-21-17-28(24-36(31)42)27-18-22-40-34(23-27)32-10-5-8-14-39(32)46(40)29-19-15-26(16-20-29)41-44-37-13-7-4-11-33(37)38(25-43)45-41/h3-24H,1-2H3. The van der Waals surface area contributed by atoms with E-state index in [0.29, 0.717) is 11.5 Å². The van der Waals surface area contributed by atoms with Crippen LogP contribution in [0, 0.1) is 11.3 Å². The van der Waals surface area contributed by atoms with Crippen LogP contribution in [0.5, 0.6) is 0 Å². The van der Waals surface area contributed by atoms with Gasteiger partial charge in [-0.25, -0.2) is 9.97 Å². The van der Waals surface area contributed by atoms with Crippen molar-refractivity contribution >= 4 is 32.7 Å². The Hall–Kier alpha value is -6.05. The number of para-hydroxylation sites is 2. The molecule has 6 aromatic carbocycles. The Bertz CT molecular complexity index is 2560. The summed E-state index contributed by atoms with van der Waals surface area (Å²) in [5.41, 5.74) is 13.2. The molecule has 0 unspecified atom stereocenters. The van der Waals surface area contributed by atoms with Crippen molar-refractivity contribution in [3.05, 3.63) is 150 Å². The first-order valence-electron chi connectivity index (χ1n) is 15.6. The van der Waals surface area contributed by atoms with E-state index in [-0.39, 0.29) is 5.41 Å². The smallest absolute Gasteiger partial charge is 0.161 e. The highest BCUT2D eigenvalue weighted by molar-refractivity contribution is 6.10. The molecule has 9 rings (SSSR count). The molecule has 46 heavy (non-hydrogen) atoms. The molecule has 1 aliphatic rings. The van der Waals surface area contributed by atoms with Gasteiger partial charge < -0.3 is 4.57 Å². The topological polar surface area (TPSA) is 54.5 Å². The Labute approximate surface area is 266 Å². The highest BCUT2D eigenvalue weighted by Crippen LogP contribution is 2.49. The third-order valence-corrected chi connectivity index (χ3v) is 9.68. The number of hydrogen-bond acceptors (Lipinski definition) is 3. The maximum atomic E-state index is 9.73. The number of nitriles is 1. The lowest BCUT2D eigenvalue weighted by molar-refractivity contribution is 0.660. The van der Waals surface area contributed by atoms with Gasteiger partial charge in [0.25, 0.3) is 0 Å². The average Bonchev–Trinajstić information content (AvgIpc) is 3.56. The van der Waals surface area contributed by atoms with Gasteiger partial charge in [0.05, 0.1) is 16.6 Å². The fourth-order valence-corrected chi connectivity index (χ4v) is 7.36. The van der Waals surface area contributed by atoms with E-state index < -0.39 is 0 Å². The molecule has 4 heteroatoms. The van der Waals surface area contributed by atoms with Crippen LogP contribution in [-0.2, 0) is 5.41 Å². The van der Waals surface area contributed by atoms with E-state index in [9.17, 15) is 5.26 Å². The van der Waals surface area contributed by atoms with Crippen molar-refractivity contribution in [1.29, 1.82) is 5.26 Å². The Morgan fingerprint density at radius 2 is 1.22 bits per heavy atom. The zero-order valence-corrected chi connectivity index (χ0v) is 25.5. The molecule has 0 fully saturated rings. The normalized spacial score (nSPS) is 13.2. The van der Waals surface area contributed by atoms with E-state index in [1.165, 1.54) is 44.2 Å². The summed E-state index contributed by atoms with van der Waals surface area (Å²) in [5.74, 6) is 0.550. The van der Waals surface area contributed by atoms with Gasteiger partial charge >= 0.3 is 0 Å². The van der Waals surface area contributed by atoms with Gasteiger partial charge in [0.1, 0.15) is 6.07 Å². The minimum atomic E-state index is -0.0394. The minimum Gasteiger partial charge on any atom is -0.309 e.